The van der Waals surface area contributed by atoms with Gasteiger partial charge in [-0.3, -0.25) is 4.79 Å². The van der Waals surface area contributed by atoms with Crippen molar-refractivity contribution < 1.29 is 17.9 Å². The van der Waals surface area contributed by atoms with Gasteiger partial charge in [-0.15, -0.1) is 0 Å². The summed E-state index contributed by atoms with van der Waals surface area (Å²) in [6.45, 7) is 4.88. The van der Waals surface area contributed by atoms with Gasteiger partial charge in [0.1, 0.15) is 0 Å². The molecule has 1 aliphatic rings. The molecule has 6 nitrogen and oxygen atoms in total. The lowest BCUT2D eigenvalue weighted by atomic mass is 10.1. The molecule has 27 heavy (non-hydrogen) atoms. The molecule has 0 saturated carbocycles. The molecule has 1 fully saturated rings. The van der Waals surface area contributed by atoms with E-state index in [2.05, 4.69) is 5.32 Å². The highest BCUT2D eigenvalue weighted by molar-refractivity contribution is 7.89. The van der Waals surface area contributed by atoms with Crippen LogP contribution in [-0.4, -0.2) is 44.4 Å². The van der Waals surface area contributed by atoms with Crippen LogP contribution in [0.25, 0.3) is 0 Å². The van der Waals surface area contributed by atoms with Crippen molar-refractivity contribution in [3.05, 3.63) is 59.7 Å². The number of nitrogens with zero attached hydrogens (tertiary/aromatic N) is 1. The van der Waals surface area contributed by atoms with Gasteiger partial charge in [0.2, 0.25) is 10.0 Å². The molecular weight excluding hydrogens is 364 g/mol. The Kier molecular flexibility index (Phi) is 5.94. The van der Waals surface area contributed by atoms with E-state index in [9.17, 15) is 13.2 Å². The number of amides is 1. The molecule has 2 aromatic carbocycles. The molecule has 144 valence electrons. The Morgan fingerprint density at radius 1 is 1.22 bits per heavy atom. The maximum atomic E-state index is 13.0. The highest BCUT2D eigenvalue weighted by Gasteiger charge is 2.31. The molecule has 1 N–H and O–H groups in total. The SMILES string of the molecule is CCc1ccccc1NC(=O)c1cccc(S(=O)(=O)N2CCOCC2C)c1. The topological polar surface area (TPSA) is 75.7 Å². The molecule has 1 amide bonds. The summed E-state index contributed by atoms with van der Waals surface area (Å²) in [7, 11) is -3.68. The molecule has 0 aromatic heterocycles. The Balaban J connectivity index is 1.85. The van der Waals surface area contributed by atoms with Gasteiger partial charge in [-0.25, -0.2) is 8.42 Å². The van der Waals surface area contributed by atoms with E-state index in [1.807, 2.05) is 38.1 Å². The summed E-state index contributed by atoms with van der Waals surface area (Å²) in [4.78, 5) is 12.8. The van der Waals surface area contributed by atoms with E-state index in [0.29, 0.717) is 25.3 Å². The lowest BCUT2D eigenvalue weighted by Crippen LogP contribution is -2.46. The second-order valence-electron chi connectivity index (χ2n) is 6.53. The van der Waals surface area contributed by atoms with Gasteiger partial charge in [-0.2, -0.15) is 4.31 Å². The fourth-order valence-electron chi connectivity index (χ4n) is 3.15. The summed E-state index contributed by atoms with van der Waals surface area (Å²) in [6.07, 6.45) is 0.791. The molecular formula is C20H24N2O4S. The first-order valence-electron chi connectivity index (χ1n) is 9.02. The van der Waals surface area contributed by atoms with E-state index in [0.717, 1.165) is 17.7 Å². The molecule has 0 aliphatic carbocycles. The van der Waals surface area contributed by atoms with Crippen LogP contribution in [0.1, 0.15) is 29.8 Å². The molecule has 1 aliphatic heterocycles. The number of carbonyl (C=O) groups excluding carboxylic acids is 1. The zero-order valence-corrected chi connectivity index (χ0v) is 16.3. The van der Waals surface area contributed by atoms with Gasteiger partial charge in [0.25, 0.3) is 5.91 Å². The van der Waals surface area contributed by atoms with Crippen molar-refractivity contribution in [1.82, 2.24) is 4.31 Å². The Morgan fingerprint density at radius 2 is 2.00 bits per heavy atom. The van der Waals surface area contributed by atoms with E-state index >= 15 is 0 Å². The number of anilines is 1. The predicted octanol–water partition coefficient (Wildman–Crippen LogP) is 2.91. The maximum Gasteiger partial charge on any atom is 0.255 e. The van der Waals surface area contributed by atoms with Crippen LogP contribution in [0.5, 0.6) is 0 Å². The lowest BCUT2D eigenvalue weighted by Gasteiger charge is -2.32. The highest BCUT2D eigenvalue weighted by Crippen LogP contribution is 2.22. The van der Waals surface area contributed by atoms with Gasteiger partial charge in [-0.05, 0) is 43.2 Å². The normalized spacial score (nSPS) is 18.2. The van der Waals surface area contributed by atoms with Crippen molar-refractivity contribution in [2.45, 2.75) is 31.2 Å². The number of rotatable bonds is 5. The number of carbonyl (C=O) groups is 1. The second kappa shape index (κ2) is 8.21. The Bertz CT molecular complexity index is 927. The van der Waals surface area contributed by atoms with Crippen molar-refractivity contribution in [2.24, 2.45) is 0 Å². The van der Waals surface area contributed by atoms with Crippen LogP contribution in [0.4, 0.5) is 5.69 Å². The van der Waals surface area contributed by atoms with Crippen LogP contribution in [0, 0.1) is 0 Å². The van der Waals surface area contributed by atoms with Gasteiger partial charge in [0.15, 0.2) is 0 Å². The number of para-hydroxylation sites is 1. The van der Waals surface area contributed by atoms with Gasteiger partial charge in [-0.1, -0.05) is 31.2 Å². The van der Waals surface area contributed by atoms with Crippen molar-refractivity contribution in [3.8, 4) is 0 Å². The summed E-state index contributed by atoms with van der Waals surface area (Å²) in [5, 5.41) is 2.88. The first kappa shape index (κ1) is 19.5. The molecule has 0 bridgehead atoms. The zero-order chi connectivity index (χ0) is 19.4. The van der Waals surface area contributed by atoms with E-state index in [1.54, 1.807) is 12.1 Å². The van der Waals surface area contributed by atoms with E-state index < -0.39 is 10.0 Å². The summed E-state index contributed by atoms with van der Waals surface area (Å²) in [5.41, 5.74) is 2.07. The lowest BCUT2D eigenvalue weighted by molar-refractivity contribution is 0.0393. The molecule has 0 radical (unpaired) electrons. The number of ether oxygens (including phenoxy) is 1. The standard InChI is InChI=1S/C20H24N2O4S/c1-3-16-7-4-5-10-19(16)21-20(23)17-8-6-9-18(13-17)27(24,25)22-11-12-26-14-15(22)2/h4-10,13,15H,3,11-12,14H2,1-2H3,(H,21,23). The Labute approximate surface area is 160 Å². The molecule has 1 saturated heterocycles. The maximum absolute atomic E-state index is 13.0. The number of aryl methyl sites for hydroxylation is 1. The third kappa shape index (κ3) is 4.21. The van der Waals surface area contributed by atoms with E-state index in [1.165, 1.54) is 16.4 Å². The highest BCUT2D eigenvalue weighted by atomic mass is 32.2. The first-order valence-corrected chi connectivity index (χ1v) is 10.5. The number of benzene rings is 2. The number of hydrogen-bond donors (Lipinski definition) is 1. The minimum Gasteiger partial charge on any atom is -0.378 e. The van der Waals surface area contributed by atoms with Crippen LogP contribution >= 0.6 is 0 Å². The first-order chi connectivity index (χ1) is 12.9. The smallest absolute Gasteiger partial charge is 0.255 e. The fraction of sp³-hybridized carbons (Fsp3) is 0.350. The summed E-state index contributed by atoms with van der Waals surface area (Å²) >= 11 is 0. The molecule has 2 aromatic rings. The quantitative estimate of drug-likeness (QED) is 0.855. The minimum absolute atomic E-state index is 0.118. The van der Waals surface area contributed by atoms with Gasteiger partial charge < -0.3 is 10.1 Å². The van der Waals surface area contributed by atoms with Gasteiger partial charge >= 0.3 is 0 Å². The number of hydrogen-bond acceptors (Lipinski definition) is 4. The molecule has 1 heterocycles. The third-order valence-electron chi connectivity index (χ3n) is 4.66. The molecule has 1 atom stereocenters. The Hall–Kier alpha value is -2.22. The monoisotopic (exact) mass is 388 g/mol. The molecule has 1 unspecified atom stereocenters. The number of sulfonamides is 1. The summed E-state index contributed by atoms with van der Waals surface area (Å²) in [5.74, 6) is -0.331. The average molecular weight is 388 g/mol. The zero-order valence-electron chi connectivity index (χ0n) is 15.5. The predicted molar refractivity (Wildman–Crippen MR) is 104 cm³/mol. The fourth-order valence-corrected chi connectivity index (χ4v) is 4.79. The van der Waals surface area contributed by atoms with Crippen LogP contribution in [0.3, 0.4) is 0 Å². The van der Waals surface area contributed by atoms with Crippen molar-refractivity contribution in [3.63, 3.8) is 0 Å². The number of morpholine rings is 1. The van der Waals surface area contributed by atoms with Gasteiger partial charge in [0, 0.05) is 23.8 Å². The van der Waals surface area contributed by atoms with Crippen LogP contribution in [-0.2, 0) is 21.2 Å². The molecule has 7 heteroatoms. The van der Waals surface area contributed by atoms with Crippen molar-refractivity contribution in [1.29, 1.82) is 0 Å². The van der Waals surface area contributed by atoms with Crippen molar-refractivity contribution >= 4 is 21.6 Å². The average Bonchev–Trinajstić information content (AvgIpc) is 2.68. The third-order valence-corrected chi connectivity index (χ3v) is 6.67. The largest absolute Gasteiger partial charge is 0.378 e. The van der Waals surface area contributed by atoms with Gasteiger partial charge in [0.05, 0.1) is 18.1 Å². The number of nitrogens with one attached hydrogen (secondary N) is 1. The van der Waals surface area contributed by atoms with Crippen LogP contribution in [0.15, 0.2) is 53.4 Å². The van der Waals surface area contributed by atoms with E-state index in [-0.39, 0.29) is 16.8 Å². The summed E-state index contributed by atoms with van der Waals surface area (Å²) in [6, 6.07) is 13.5. The van der Waals surface area contributed by atoms with Crippen molar-refractivity contribution in [2.75, 3.05) is 25.1 Å². The van der Waals surface area contributed by atoms with Crippen LogP contribution in [0.2, 0.25) is 0 Å². The minimum atomic E-state index is -3.68. The Morgan fingerprint density at radius 3 is 2.74 bits per heavy atom. The molecule has 0 spiro atoms. The van der Waals surface area contributed by atoms with E-state index in [4.69, 9.17) is 4.74 Å². The van der Waals surface area contributed by atoms with Crippen LogP contribution < -0.4 is 5.32 Å². The second-order valence-corrected chi connectivity index (χ2v) is 8.42. The molecule has 3 rings (SSSR count). The summed E-state index contributed by atoms with van der Waals surface area (Å²) < 4.78 is 32.7.